The molecule has 0 aliphatic heterocycles. The van der Waals surface area contributed by atoms with Gasteiger partial charge in [0.2, 0.25) is 5.89 Å². The maximum absolute atomic E-state index is 12.8. The highest BCUT2D eigenvalue weighted by molar-refractivity contribution is 5.82. The predicted octanol–water partition coefficient (Wildman–Crippen LogP) is 1.71. The molecule has 0 atom stereocenters. The van der Waals surface area contributed by atoms with Gasteiger partial charge in [0.05, 0.1) is 0 Å². The number of rotatable bonds is 2. The smallest absolute Gasteiger partial charge is 0.393 e. The average molecular weight is 226 g/mol. The number of hydrogen-bond donors (Lipinski definition) is 1. The summed E-state index contributed by atoms with van der Waals surface area (Å²) < 4.78 is 30.4. The van der Waals surface area contributed by atoms with Gasteiger partial charge in [0.15, 0.2) is 0 Å². The van der Waals surface area contributed by atoms with Crippen LogP contribution in [-0.4, -0.2) is 21.3 Å². The van der Waals surface area contributed by atoms with Gasteiger partial charge in [-0.15, -0.1) is 10.2 Å². The second-order valence-corrected chi connectivity index (χ2v) is 2.88. The lowest BCUT2D eigenvalue weighted by molar-refractivity contribution is 0.0654. The maximum atomic E-state index is 12.8. The summed E-state index contributed by atoms with van der Waals surface area (Å²) in [5.41, 5.74) is -0.0162. The van der Waals surface area contributed by atoms with E-state index in [1.807, 2.05) is 0 Å². The van der Waals surface area contributed by atoms with Gasteiger partial charge in [0, 0.05) is 11.6 Å². The lowest BCUT2D eigenvalue weighted by atomic mass is 10.2. The summed E-state index contributed by atoms with van der Waals surface area (Å²) in [7, 11) is 0. The van der Waals surface area contributed by atoms with E-state index in [-0.39, 0.29) is 11.5 Å². The molecule has 2 aromatic rings. The molecule has 0 amide bonds. The van der Waals surface area contributed by atoms with Crippen molar-refractivity contribution in [3.63, 3.8) is 0 Å². The second-order valence-electron chi connectivity index (χ2n) is 2.88. The Kier molecular flexibility index (Phi) is 2.35. The van der Waals surface area contributed by atoms with E-state index in [1.165, 1.54) is 0 Å². The number of hydrogen-bond acceptors (Lipinski definition) is 4. The maximum Gasteiger partial charge on any atom is 0.393 e. The van der Waals surface area contributed by atoms with Gasteiger partial charge in [0.1, 0.15) is 11.6 Å². The van der Waals surface area contributed by atoms with Crippen LogP contribution in [0.5, 0.6) is 0 Å². The molecule has 1 heterocycles. The van der Waals surface area contributed by atoms with E-state index >= 15 is 0 Å². The molecule has 0 unspecified atom stereocenters. The molecule has 0 fully saturated rings. The minimum atomic E-state index is -1.41. The topological polar surface area (TPSA) is 76.2 Å². The minimum absolute atomic E-state index is 0.0162. The third-order valence-electron chi connectivity index (χ3n) is 1.72. The highest BCUT2D eigenvalue weighted by Crippen LogP contribution is 2.20. The molecule has 0 spiro atoms. The normalized spacial score (nSPS) is 10.4. The lowest BCUT2D eigenvalue weighted by Gasteiger charge is -1.95. The van der Waals surface area contributed by atoms with Crippen molar-refractivity contribution in [2.45, 2.75) is 0 Å². The van der Waals surface area contributed by atoms with Crippen LogP contribution in [0.25, 0.3) is 11.5 Å². The van der Waals surface area contributed by atoms with E-state index in [1.54, 1.807) is 0 Å². The Hall–Kier alpha value is -2.31. The van der Waals surface area contributed by atoms with E-state index < -0.39 is 23.5 Å². The Morgan fingerprint density at radius 3 is 2.31 bits per heavy atom. The van der Waals surface area contributed by atoms with Gasteiger partial charge in [-0.2, -0.15) is 0 Å². The van der Waals surface area contributed by atoms with Crippen LogP contribution in [-0.2, 0) is 0 Å². The van der Waals surface area contributed by atoms with Crippen LogP contribution in [0.3, 0.4) is 0 Å². The molecule has 0 aliphatic carbocycles. The molecule has 16 heavy (non-hydrogen) atoms. The van der Waals surface area contributed by atoms with Gasteiger partial charge in [0.25, 0.3) is 0 Å². The highest BCUT2D eigenvalue weighted by atomic mass is 19.1. The zero-order chi connectivity index (χ0) is 11.7. The molecule has 0 radical (unpaired) electrons. The molecule has 1 N–H and O–H groups in total. The Labute approximate surface area is 87.3 Å². The zero-order valence-corrected chi connectivity index (χ0v) is 7.65. The summed E-state index contributed by atoms with van der Waals surface area (Å²) >= 11 is 0. The number of carboxylic acid groups (broad SMARTS) is 1. The van der Waals surface area contributed by atoms with Gasteiger partial charge in [-0.1, -0.05) is 0 Å². The summed E-state index contributed by atoms with van der Waals surface area (Å²) in [5, 5.41) is 15.1. The largest absolute Gasteiger partial charge is 0.474 e. The van der Waals surface area contributed by atoms with Gasteiger partial charge < -0.3 is 9.52 Å². The number of aromatic carboxylic acids is 1. The summed E-state index contributed by atoms with van der Waals surface area (Å²) in [6, 6.07) is 2.60. The second kappa shape index (κ2) is 3.69. The van der Waals surface area contributed by atoms with Crippen molar-refractivity contribution in [1.29, 1.82) is 0 Å². The Bertz CT molecular complexity index is 533. The highest BCUT2D eigenvalue weighted by Gasteiger charge is 2.15. The van der Waals surface area contributed by atoms with Crippen molar-refractivity contribution in [1.82, 2.24) is 10.2 Å². The van der Waals surface area contributed by atoms with E-state index in [0.717, 1.165) is 12.1 Å². The minimum Gasteiger partial charge on any atom is -0.474 e. The van der Waals surface area contributed by atoms with Crippen molar-refractivity contribution in [2.24, 2.45) is 0 Å². The third-order valence-corrected chi connectivity index (χ3v) is 1.72. The van der Waals surface area contributed by atoms with Gasteiger partial charge in [-0.05, 0) is 12.1 Å². The summed E-state index contributed by atoms with van der Waals surface area (Å²) in [6.07, 6.45) is 0. The quantitative estimate of drug-likeness (QED) is 0.843. The zero-order valence-electron chi connectivity index (χ0n) is 7.65. The SMILES string of the molecule is O=C(O)c1nnc(-c2cc(F)cc(F)c2)o1. The van der Waals surface area contributed by atoms with Crippen LogP contribution in [0.15, 0.2) is 22.6 Å². The summed E-state index contributed by atoms with van der Waals surface area (Å²) in [6.45, 7) is 0. The number of carboxylic acids is 1. The van der Waals surface area contributed by atoms with Crippen molar-refractivity contribution < 1.29 is 23.1 Å². The average Bonchev–Trinajstić information content (AvgIpc) is 2.64. The molecule has 0 saturated carbocycles. The Morgan fingerprint density at radius 1 is 1.19 bits per heavy atom. The first-order chi connectivity index (χ1) is 7.56. The predicted molar refractivity (Wildman–Crippen MR) is 46.6 cm³/mol. The van der Waals surface area contributed by atoms with E-state index in [2.05, 4.69) is 14.6 Å². The number of nitrogens with zero attached hydrogens (tertiary/aromatic N) is 2. The van der Waals surface area contributed by atoms with Crippen molar-refractivity contribution >= 4 is 5.97 Å². The van der Waals surface area contributed by atoms with Crippen LogP contribution in [0.4, 0.5) is 8.78 Å². The number of carbonyl (C=O) groups is 1. The first-order valence-corrected chi connectivity index (χ1v) is 4.09. The lowest BCUT2D eigenvalue weighted by Crippen LogP contribution is -1.95. The number of halogens is 2. The van der Waals surface area contributed by atoms with Crippen LogP contribution in [0.2, 0.25) is 0 Å². The van der Waals surface area contributed by atoms with Crippen molar-refractivity contribution in [3.05, 3.63) is 35.7 Å². The molecule has 1 aromatic heterocycles. The number of benzene rings is 1. The van der Waals surface area contributed by atoms with Crippen molar-refractivity contribution in [2.75, 3.05) is 0 Å². The van der Waals surface area contributed by atoms with Crippen LogP contribution in [0.1, 0.15) is 10.7 Å². The molecule has 0 saturated heterocycles. The van der Waals surface area contributed by atoms with Gasteiger partial charge in [-0.3, -0.25) is 0 Å². The summed E-state index contributed by atoms with van der Waals surface area (Å²) in [5.74, 6) is -3.93. The van der Waals surface area contributed by atoms with E-state index in [4.69, 9.17) is 5.11 Å². The van der Waals surface area contributed by atoms with Crippen LogP contribution in [0, 0.1) is 11.6 Å². The molecule has 0 bridgehead atoms. The van der Waals surface area contributed by atoms with Crippen LogP contribution < -0.4 is 0 Å². The fourth-order valence-electron chi connectivity index (χ4n) is 1.10. The Morgan fingerprint density at radius 2 is 1.81 bits per heavy atom. The molecule has 7 heteroatoms. The first-order valence-electron chi connectivity index (χ1n) is 4.09. The number of aromatic nitrogens is 2. The van der Waals surface area contributed by atoms with E-state index in [9.17, 15) is 13.6 Å². The van der Waals surface area contributed by atoms with Crippen LogP contribution >= 0.6 is 0 Å². The van der Waals surface area contributed by atoms with Gasteiger partial charge in [-0.25, -0.2) is 13.6 Å². The van der Waals surface area contributed by atoms with Crippen molar-refractivity contribution in [3.8, 4) is 11.5 Å². The molecule has 0 aliphatic rings. The summed E-state index contributed by atoms with van der Waals surface area (Å²) in [4.78, 5) is 10.4. The van der Waals surface area contributed by atoms with Gasteiger partial charge >= 0.3 is 11.9 Å². The molecule has 2 rings (SSSR count). The fourth-order valence-corrected chi connectivity index (χ4v) is 1.10. The first kappa shape index (κ1) is 10.2. The monoisotopic (exact) mass is 226 g/mol. The molecule has 82 valence electrons. The standard InChI is InChI=1S/C9H4F2N2O3/c10-5-1-4(2-6(11)3-5)7-12-13-8(16-7)9(14)15/h1-3H,(H,14,15). The molecule has 1 aromatic carbocycles. The molecular weight excluding hydrogens is 222 g/mol. The third kappa shape index (κ3) is 1.88. The fraction of sp³-hybridized carbons (Fsp3) is 0. The molecule has 5 nitrogen and oxygen atoms in total. The Balaban J connectivity index is 2.46. The molecular formula is C9H4F2N2O3. The van der Waals surface area contributed by atoms with E-state index in [0.29, 0.717) is 6.07 Å².